The first-order chi connectivity index (χ1) is 17.7. The average molecular weight is 501 g/mol. The minimum absolute atomic E-state index is 0.00846. The lowest BCUT2D eigenvalue weighted by atomic mass is 9.82. The van der Waals surface area contributed by atoms with Gasteiger partial charge in [-0.1, -0.05) is 6.92 Å². The predicted molar refractivity (Wildman–Crippen MR) is 142 cm³/mol. The van der Waals surface area contributed by atoms with E-state index in [4.69, 9.17) is 4.42 Å². The van der Waals surface area contributed by atoms with E-state index in [1.54, 1.807) is 11.1 Å². The van der Waals surface area contributed by atoms with Crippen LogP contribution in [0.1, 0.15) is 62.4 Å². The van der Waals surface area contributed by atoms with Crippen molar-refractivity contribution in [3.63, 3.8) is 0 Å². The second kappa shape index (κ2) is 9.84. The molecule has 1 aromatic carbocycles. The first-order valence-corrected chi connectivity index (χ1v) is 12.8. The van der Waals surface area contributed by atoms with Crippen molar-refractivity contribution < 1.29 is 19.1 Å². The minimum atomic E-state index is -1.11. The fourth-order valence-corrected chi connectivity index (χ4v) is 5.12. The zero-order valence-corrected chi connectivity index (χ0v) is 21.6. The Kier molecular flexibility index (Phi) is 6.58. The summed E-state index contributed by atoms with van der Waals surface area (Å²) in [5, 5.41) is 14.6. The van der Waals surface area contributed by atoms with E-state index < -0.39 is 5.97 Å². The molecule has 0 spiro atoms. The number of furan rings is 1. The lowest BCUT2D eigenvalue weighted by Gasteiger charge is -2.32. The summed E-state index contributed by atoms with van der Waals surface area (Å²) in [6.07, 6.45) is 6.91. The Morgan fingerprint density at radius 1 is 1.11 bits per heavy atom. The Labute approximate surface area is 215 Å². The number of amides is 1. The number of hydrogen-bond donors (Lipinski definition) is 1. The fourth-order valence-electron chi connectivity index (χ4n) is 5.12. The topological polar surface area (TPSA) is 101 Å². The molecule has 1 aliphatic rings. The van der Waals surface area contributed by atoms with Crippen LogP contribution in [-0.4, -0.2) is 37.8 Å². The summed E-state index contributed by atoms with van der Waals surface area (Å²) in [4.78, 5) is 31.6. The van der Waals surface area contributed by atoms with Crippen LogP contribution >= 0.6 is 0 Å². The largest absolute Gasteiger partial charge is 0.477 e. The summed E-state index contributed by atoms with van der Waals surface area (Å²) in [5.74, 6) is 0.250. The van der Waals surface area contributed by atoms with Crippen LogP contribution in [0.25, 0.3) is 28.1 Å². The van der Waals surface area contributed by atoms with Crippen molar-refractivity contribution in [2.75, 3.05) is 4.90 Å². The summed E-state index contributed by atoms with van der Waals surface area (Å²) in [7, 11) is 0. The number of carboxylic acids is 1. The van der Waals surface area contributed by atoms with Crippen LogP contribution in [0.4, 0.5) is 5.82 Å². The molecule has 1 N–H and O–H groups in total. The second-order valence-electron chi connectivity index (χ2n) is 10.4. The number of benzene rings is 1. The van der Waals surface area contributed by atoms with Crippen molar-refractivity contribution in [1.82, 2.24) is 14.8 Å². The number of carbonyl (C=O) groups excluding carboxylic acids is 1. The number of aryl methyl sites for hydroxylation is 1. The van der Waals surface area contributed by atoms with Gasteiger partial charge >= 0.3 is 5.97 Å². The van der Waals surface area contributed by atoms with Gasteiger partial charge in [-0.3, -0.25) is 14.7 Å². The first-order valence-electron chi connectivity index (χ1n) is 12.8. The maximum atomic E-state index is 13.5. The number of rotatable bonds is 6. The molecule has 0 atom stereocenters. The van der Waals surface area contributed by atoms with Crippen molar-refractivity contribution in [1.29, 1.82) is 0 Å². The Morgan fingerprint density at radius 3 is 2.43 bits per heavy atom. The van der Waals surface area contributed by atoms with Gasteiger partial charge in [0.1, 0.15) is 16.8 Å². The van der Waals surface area contributed by atoms with Crippen LogP contribution in [0.2, 0.25) is 0 Å². The Hall–Kier alpha value is -3.94. The molecule has 4 aromatic rings. The third kappa shape index (κ3) is 4.75. The van der Waals surface area contributed by atoms with Gasteiger partial charge in [-0.05, 0) is 88.3 Å². The average Bonchev–Trinajstić information content (AvgIpc) is 3.50. The molecule has 0 unspecified atom stereocenters. The molecule has 0 saturated heterocycles. The zero-order chi connectivity index (χ0) is 26.3. The molecule has 5 rings (SSSR count). The number of pyridine rings is 1. The third-order valence-corrected chi connectivity index (χ3v) is 7.30. The van der Waals surface area contributed by atoms with E-state index in [1.807, 2.05) is 57.2 Å². The quantitative estimate of drug-likeness (QED) is 0.336. The van der Waals surface area contributed by atoms with E-state index in [1.165, 1.54) is 10.9 Å². The highest BCUT2D eigenvalue weighted by atomic mass is 16.4. The molecular formula is C29H32N4O4. The van der Waals surface area contributed by atoms with Crippen molar-refractivity contribution >= 4 is 28.8 Å². The van der Waals surface area contributed by atoms with E-state index >= 15 is 0 Å². The highest BCUT2D eigenvalue weighted by Gasteiger charge is 2.34. The SMILES string of the molecule is Cc1ccnc2cc(-c3ccc(-n4cc(C(=O)O)c(N(C(=O)C5CCC(C)CC5)C(C)C)n4)cc3)oc12. The summed E-state index contributed by atoms with van der Waals surface area (Å²) in [6.45, 7) is 7.98. The molecule has 37 heavy (non-hydrogen) atoms. The molecule has 0 aliphatic heterocycles. The van der Waals surface area contributed by atoms with Gasteiger partial charge < -0.3 is 9.52 Å². The fraction of sp³-hybridized carbons (Fsp3) is 0.379. The number of carbonyl (C=O) groups is 2. The molecule has 1 fully saturated rings. The van der Waals surface area contributed by atoms with E-state index in [-0.39, 0.29) is 29.2 Å². The molecule has 0 radical (unpaired) electrons. The summed E-state index contributed by atoms with van der Waals surface area (Å²) in [5.41, 5.74) is 4.14. The molecular weight excluding hydrogens is 468 g/mol. The standard InChI is InChI=1S/C29H32N4O4/c1-17(2)33(28(34)21-7-5-18(3)6-8-21)27-23(29(35)36)16-32(31-27)22-11-9-20(10-12-22)25-15-24-26(37-25)19(4)13-14-30-24/h9-18,21H,5-8H2,1-4H3,(H,35,36). The monoisotopic (exact) mass is 500 g/mol. The summed E-state index contributed by atoms with van der Waals surface area (Å²) >= 11 is 0. The van der Waals surface area contributed by atoms with Crippen LogP contribution in [0, 0.1) is 18.8 Å². The first kappa shape index (κ1) is 24.7. The molecule has 8 heteroatoms. The molecule has 3 aromatic heterocycles. The highest BCUT2D eigenvalue weighted by Crippen LogP contribution is 2.33. The van der Waals surface area contributed by atoms with Crippen LogP contribution in [-0.2, 0) is 4.79 Å². The smallest absolute Gasteiger partial charge is 0.341 e. The Balaban J connectivity index is 1.46. The van der Waals surface area contributed by atoms with E-state index in [9.17, 15) is 14.7 Å². The van der Waals surface area contributed by atoms with Gasteiger partial charge in [0.05, 0.1) is 5.69 Å². The van der Waals surface area contributed by atoms with Crippen molar-refractivity contribution in [2.24, 2.45) is 11.8 Å². The van der Waals surface area contributed by atoms with Gasteiger partial charge in [-0.15, -0.1) is 5.10 Å². The number of fused-ring (bicyclic) bond motifs is 1. The molecule has 1 aliphatic carbocycles. The van der Waals surface area contributed by atoms with Gasteiger partial charge in [-0.25, -0.2) is 9.48 Å². The second-order valence-corrected chi connectivity index (χ2v) is 10.4. The molecule has 1 saturated carbocycles. The number of aromatic nitrogens is 3. The van der Waals surface area contributed by atoms with Crippen LogP contribution < -0.4 is 4.90 Å². The van der Waals surface area contributed by atoms with E-state index in [0.29, 0.717) is 17.4 Å². The summed E-state index contributed by atoms with van der Waals surface area (Å²) in [6, 6.07) is 11.1. The van der Waals surface area contributed by atoms with Gasteiger partial charge in [0.15, 0.2) is 11.4 Å². The van der Waals surface area contributed by atoms with Crippen molar-refractivity contribution in [3.8, 4) is 17.0 Å². The molecule has 192 valence electrons. The number of hydrogen-bond acceptors (Lipinski definition) is 5. The number of aromatic carboxylic acids is 1. The number of carboxylic acid groups (broad SMARTS) is 1. The Morgan fingerprint density at radius 2 is 1.81 bits per heavy atom. The lowest BCUT2D eigenvalue weighted by Crippen LogP contribution is -2.43. The molecule has 1 amide bonds. The van der Waals surface area contributed by atoms with Crippen molar-refractivity contribution in [2.45, 2.75) is 59.4 Å². The van der Waals surface area contributed by atoms with Gasteiger partial charge in [0.25, 0.3) is 0 Å². The number of anilines is 1. The van der Waals surface area contributed by atoms with Crippen LogP contribution in [0.5, 0.6) is 0 Å². The molecule has 0 bridgehead atoms. The summed E-state index contributed by atoms with van der Waals surface area (Å²) < 4.78 is 7.55. The van der Waals surface area contributed by atoms with Crippen LogP contribution in [0.15, 0.2) is 53.2 Å². The molecule has 3 heterocycles. The maximum Gasteiger partial charge on any atom is 0.341 e. The van der Waals surface area contributed by atoms with Gasteiger partial charge in [0.2, 0.25) is 5.91 Å². The maximum absolute atomic E-state index is 13.5. The molecule has 8 nitrogen and oxygen atoms in total. The van der Waals surface area contributed by atoms with Gasteiger partial charge in [0, 0.05) is 36.0 Å². The third-order valence-electron chi connectivity index (χ3n) is 7.30. The lowest BCUT2D eigenvalue weighted by molar-refractivity contribution is -0.124. The van der Waals surface area contributed by atoms with Crippen LogP contribution in [0.3, 0.4) is 0 Å². The Bertz CT molecular complexity index is 1440. The van der Waals surface area contributed by atoms with E-state index in [2.05, 4.69) is 17.0 Å². The normalized spacial score (nSPS) is 17.9. The highest BCUT2D eigenvalue weighted by molar-refractivity contribution is 6.01. The van der Waals surface area contributed by atoms with E-state index in [0.717, 1.165) is 47.9 Å². The van der Waals surface area contributed by atoms with Gasteiger partial charge in [-0.2, -0.15) is 0 Å². The predicted octanol–water partition coefficient (Wildman–Crippen LogP) is 6.25. The minimum Gasteiger partial charge on any atom is -0.477 e. The van der Waals surface area contributed by atoms with Crippen molar-refractivity contribution in [3.05, 3.63) is 59.9 Å². The zero-order valence-electron chi connectivity index (χ0n) is 21.6. The number of nitrogens with zero attached hydrogens (tertiary/aromatic N) is 4.